The van der Waals surface area contributed by atoms with Crippen LogP contribution in [0.25, 0.3) is 11.3 Å². The van der Waals surface area contributed by atoms with E-state index in [0.29, 0.717) is 18.3 Å². The Kier molecular flexibility index (Phi) is 7.10. The second-order valence-electron chi connectivity index (χ2n) is 9.60. The van der Waals surface area contributed by atoms with Gasteiger partial charge in [0.1, 0.15) is 11.9 Å². The minimum Gasteiger partial charge on any atom is -0.395 e. The van der Waals surface area contributed by atoms with E-state index >= 15 is 0 Å². The van der Waals surface area contributed by atoms with Crippen LogP contribution in [0.3, 0.4) is 0 Å². The summed E-state index contributed by atoms with van der Waals surface area (Å²) in [6.45, 7) is 5.46. The number of nitrogens with zero attached hydrogens (tertiary/aromatic N) is 6. The minimum atomic E-state index is -0.323. The summed E-state index contributed by atoms with van der Waals surface area (Å²) in [4.78, 5) is 19.6. The van der Waals surface area contributed by atoms with Crippen LogP contribution in [-0.2, 0) is 0 Å². The molecule has 186 valence electrons. The van der Waals surface area contributed by atoms with Gasteiger partial charge in [0, 0.05) is 61.6 Å². The van der Waals surface area contributed by atoms with Crippen LogP contribution in [0.15, 0.2) is 47.8 Å². The number of hydrogen-bond donors (Lipinski definition) is 3. The number of aromatic nitrogens is 5. The molecule has 0 radical (unpaired) electrons. The van der Waals surface area contributed by atoms with Crippen LogP contribution in [0.2, 0.25) is 0 Å². The van der Waals surface area contributed by atoms with Gasteiger partial charge in [-0.2, -0.15) is 0 Å². The predicted octanol–water partition coefficient (Wildman–Crippen LogP) is 1.94. The van der Waals surface area contributed by atoms with Crippen molar-refractivity contribution in [1.82, 2.24) is 29.9 Å². The van der Waals surface area contributed by atoms with Crippen molar-refractivity contribution in [2.24, 2.45) is 5.92 Å². The van der Waals surface area contributed by atoms with E-state index in [1.165, 1.54) is 19.3 Å². The number of aliphatic hydroxyl groups excluding tert-OH is 1. The van der Waals surface area contributed by atoms with Crippen molar-refractivity contribution < 1.29 is 5.11 Å². The molecule has 1 unspecified atom stereocenters. The molecule has 2 aliphatic rings. The maximum absolute atomic E-state index is 13.0. The third-order valence-corrected chi connectivity index (χ3v) is 6.88. The molecule has 4 heterocycles. The average molecular weight is 479 g/mol. The van der Waals surface area contributed by atoms with Crippen molar-refractivity contribution in [3.63, 3.8) is 0 Å². The fourth-order valence-corrected chi connectivity index (χ4v) is 4.61. The van der Waals surface area contributed by atoms with Crippen molar-refractivity contribution >= 4 is 11.4 Å². The van der Waals surface area contributed by atoms with Gasteiger partial charge in [0.2, 0.25) is 0 Å². The molecule has 35 heavy (non-hydrogen) atoms. The number of piperidine rings is 1. The Bertz CT molecular complexity index is 1190. The Morgan fingerprint density at radius 2 is 2.11 bits per heavy atom. The highest BCUT2D eigenvalue weighted by atomic mass is 16.3. The van der Waals surface area contributed by atoms with Crippen molar-refractivity contribution in [2.75, 3.05) is 43.0 Å². The van der Waals surface area contributed by atoms with E-state index < -0.39 is 0 Å². The molecular formula is C25H34N8O2. The Morgan fingerprint density at radius 1 is 1.23 bits per heavy atom. The second-order valence-corrected chi connectivity index (χ2v) is 9.60. The largest absolute Gasteiger partial charge is 0.395 e. The third kappa shape index (κ3) is 5.71. The smallest absolute Gasteiger partial charge is 0.254 e. The normalized spacial score (nSPS) is 19.0. The first-order valence-corrected chi connectivity index (χ1v) is 12.5. The van der Waals surface area contributed by atoms with Crippen LogP contribution in [-0.4, -0.2) is 68.5 Å². The molecule has 2 fully saturated rings. The number of hydrogen-bond acceptors (Lipinski definition) is 8. The summed E-state index contributed by atoms with van der Waals surface area (Å²) in [5.74, 6) is 0.872. The summed E-state index contributed by atoms with van der Waals surface area (Å²) in [7, 11) is 0. The number of aliphatic hydroxyl groups is 1. The highest BCUT2D eigenvalue weighted by Gasteiger charge is 2.25. The third-order valence-electron chi connectivity index (χ3n) is 6.88. The lowest BCUT2D eigenvalue weighted by molar-refractivity contribution is 0.311. The van der Waals surface area contributed by atoms with Gasteiger partial charge in [-0.15, -0.1) is 5.10 Å². The topological polar surface area (TPSA) is 113 Å². The number of rotatable bonds is 10. The lowest BCUT2D eigenvalue weighted by Gasteiger charge is -2.35. The van der Waals surface area contributed by atoms with Gasteiger partial charge in [-0.1, -0.05) is 5.21 Å². The Morgan fingerprint density at radius 3 is 2.91 bits per heavy atom. The molecule has 10 heteroatoms. The molecule has 3 aromatic rings. The first kappa shape index (κ1) is 23.5. The molecule has 1 aliphatic carbocycles. The SMILES string of the molecule is CC(n1cc(-c2cncc(NCCO)c2)nn1)n1ccc(N2CCC[C@@H](NCC3CC3)C2)cc1=O. The number of pyridine rings is 2. The van der Waals surface area contributed by atoms with Crippen LogP contribution < -0.4 is 21.1 Å². The van der Waals surface area contributed by atoms with Crippen LogP contribution >= 0.6 is 0 Å². The Hall–Kier alpha value is -3.24. The fraction of sp³-hybridized carbons (Fsp3) is 0.520. The molecule has 0 amide bonds. The van der Waals surface area contributed by atoms with E-state index in [-0.39, 0.29) is 18.3 Å². The van der Waals surface area contributed by atoms with Crippen LogP contribution in [0, 0.1) is 5.92 Å². The molecule has 10 nitrogen and oxygen atoms in total. The van der Waals surface area contributed by atoms with Gasteiger partial charge in [-0.3, -0.25) is 14.3 Å². The predicted molar refractivity (Wildman–Crippen MR) is 136 cm³/mol. The van der Waals surface area contributed by atoms with Crippen molar-refractivity contribution in [3.05, 3.63) is 53.3 Å². The molecule has 0 spiro atoms. The summed E-state index contributed by atoms with van der Waals surface area (Å²) in [5.41, 5.74) is 3.20. The standard InChI is InChI=1S/C25H34N8O2/c1-18(33-17-24(29-30-33)20-11-22(15-26-14-20)27-7-10-34)32-9-6-23(12-25(32)35)31-8-2-3-21(16-31)28-13-19-4-5-19/h6,9,11-12,14-15,17-19,21,27-28,34H,2-5,7-8,10,13,16H2,1H3/t18?,21-/m1/s1. The highest BCUT2D eigenvalue weighted by molar-refractivity contribution is 5.62. The van der Waals surface area contributed by atoms with E-state index in [2.05, 4.69) is 30.8 Å². The summed E-state index contributed by atoms with van der Waals surface area (Å²) in [5, 5.41) is 24.4. The van der Waals surface area contributed by atoms with Crippen LogP contribution in [0.4, 0.5) is 11.4 Å². The van der Waals surface area contributed by atoms with Gasteiger partial charge < -0.3 is 20.6 Å². The van der Waals surface area contributed by atoms with Gasteiger partial charge in [-0.25, -0.2) is 4.68 Å². The number of nitrogens with one attached hydrogen (secondary N) is 2. The van der Waals surface area contributed by atoms with Gasteiger partial charge in [0.15, 0.2) is 0 Å². The van der Waals surface area contributed by atoms with Crippen molar-refractivity contribution in [2.45, 2.75) is 44.8 Å². The van der Waals surface area contributed by atoms with E-state index in [4.69, 9.17) is 5.11 Å². The molecule has 3 aromatic heterocycles. The number of anilines is 2. The lowest BCUT2D eigenvalue weighted by atomic mass is 10.0. The van der Waals surface area contributed by atoms with Gasteiger partial charge in [-0.05, 0) is 57.2 Å². The molecule has 0 bridgehead atoms. The zero-order valence-electron chi connectivity index (χ0n) is 20.2. The first-order valence-electron chi connectivity index (χ1n) is 12.5. The quantitative estimate of drug-likeness (QED) is 0.405. The maximum atomic E-state index is 13.0. The molecule has 2 atom stereocenters. The van der Waals surface area contributed by atoms with E-state index in [1.54, 1.807) is 27.7 Å². The highest BCUT2D eigenvalue weighted by Crippen LogP contribution is 2.28. The lowest BCUT2D eigenvalue weighted by Crippen LogP contribution is -2.46. The van der Waals surface area contributed by atoms with Gasteiger partial charge >= 0.3 is 0 Å². The molecular weight excluding hydrogens is 444 g/mol. The zero-order chi connectivity index (χ0) is 24.2. The zero-order valence-corrected chi connectivity index (χ0v) is 20.2. The second kappa shape index (κ2) is 10.6. The van der Waals surface area contributed by atoms with Gasteiger partial charge in [0.25, 0.3) is 5.56 Å². The average Bonchev–Trinajstić information content (AvgIpc) is 3.59. The van der Waals surface area contributed by atoms with E-state index in [9.17, 15) is 4.79 Å². The Labute approximate surface area is 205 Å². The maximum Gasteiger partial charge on any atom is 0.254 e. The monoisotopic (exact) mass is 478 g/mol. The van der Waals surface area contributed by atoms with E-state index in [0.717, 1.165) is 48.9 Å². The minimum absolute atomic E-state index is 0.0428. The molecule has 1 saturated heterocycles. The fourth-order valence-electron chi connectivity index (χ4n) is 4.61. The molecule has 1 aliphatic heterocycles. The van der Waals surface area contributed by atoms with Crippen LogP contribution in [0.5, 0.6) is 0 Å². The summed E-state index contributed by atoms with van der Waals surface area (Å²) in [6.07, 6.45) is 11.8. The Balaban J connectivity index is 1.27. The molecule has 5 rings (SSSR count). The first-order chi connectivity index (χ1) is 17.1. The van der Waals surface area contributed by atoms with Crippen molar-refractivity contribution in [3.8, 4) is 11.3 Å². The summed E-state index contributed by atoms with van der Waals surface area (Å²) in [6, 6.07) is 6.16. The molecule has 1 saturated carbocycles. The van der Waals surface area contributed by atoms with Gasteiger partial charge in [0.05, 0.1) is 18.5 Å². The van der Waals surface area contributed by atoms with Crippen LogP contribution in [0.1, 0.15) is 38.8 Å². The summed E-state index contributed by atoms with van der Waals surface area (Å²) < 4.78 is 3.36. The molecule has 3 N–H and O–H groups in total. The summed E-state index contributed by atoms with van der Waals surface area (Å²) >= 11 is 0. The molecule has 0 aromatic carbocycles. The van der Waals surface area contributed by atoms with E-state index in [1.807, 2.05) is 31.5 Å². The van der Waals surface area contributed by atoms with Crippen molar-refractivity contribution in [1.29, 1.82) is 0 Å².